The summed E-state index contributed by atoms with van der Waals surface area (Å²) in [5.41, 5.74) is 0.667. The molecule has 8 heteroatoms. The number of hydrogen-bond acceptors (Lipinski definition) is 6. The molecule has 0 bridgehead atoms. The van der Waals surface area contributed by atoms with Gasteiger partial charge in [0, 0.05) is 27.2 Å². The van der Waals surface area contributed by atoms with Gasteiger partial charge in [-0.25, -0.2) is 0 Å². The number of rotatable bonds is 2. The molecule has 1 amide bonds. The van der Waals surface area contributed by atoms with Gasteiger partial charge in [0.1, 0.15) is 5.82 Å². The normalized spacial score (nSPS) is 16.2. The molecule has 100 valence electrons. The number of aromatic nitrogens is 4. The van der Waals surface area contributed by atoms with Crippen LogP contribution in [-0.4, -0.2) is 64.7 Å². The Balaban J connectivity index is 2.03. The van der Waals surface area contributed by atoms with Gasteiger partial charge >= 0.3 is 0 Å². The lowest BCUT2D eigenvalue weighted by Gasteiger charge is -2.32. The molecule has 2 N–H and O–H groups in total. The van der Waals surface area contributed by atoms with E-state index in [-0.39, 0.29) is 5.91 Å². The van der Waals surface area contributed by atoms with Gasteiger partial charge < -0.3 is 15.1 Å². The van der Waals surface area contributed by atoms with Gasteiger partial charge in [0.25, 0.3) is 0 Å². The monoisotopic (exact) mass is 261 g/mol. The smallest absolute Gasteiger partial charge is 0.241 e. The topological polar surface area (TPSA) is 90.0 Å². The summed E-state index contributed by atoms with van der Waals surface area (Å²) in [6.45, 7) is 1.77. The van der Waals surface area contributed by atoms with Crippen LogP contribution in [0.3, 0.4) is 0 Å². The molecule has 19 heavy (non-hydrogen) atoms. The van der Waals surface area contributed by atoms with E-state index in [1.807, 2.05) is 11.9 Å². The quantitative estimate of drug-likeness (QED) is 0.769. The molecule has 3 rings (SSSR count). The van der Waals surface area contributed by atoms with Crippen LogP contribution in [0.25, 0.3) is 11.0 Å². The Morgan fingerprint density at radius 2 is 2.21 bits per heavy atom. The number of nitrogens with zero attached hydrogens (tertiary/aromatic N) is 5. The number of H-pyrrole nitrogens is 1. The standard InChI is InChI=1S/C11H15N7O/c1-12-11-14-9-7(5-13-16-9)10(15-11)18-4-3-17(2)8(19)6-18/h5H,3-4,6H2,1-2H3,(H2,12,13,14,15,16). The lowest BCUT2D eigenvalue weighted by Crippen LogP contribution is -2.48. The van der Waals surface area contributed by atoms with E-state index in [2.05, 4.69) is 25.5 Å². The molecule has 3 heterocycles. The maximum absolute atomic E-state index is 11.8. The third kappa shape index (κ3) is 1.94. The Morgan fingerprint density at radius 3 is 2.95 bits per heavy atom. The second-order valence-electron chi connectivity index (χ2n) is 4.49. The summed E-state index contributed by atoms with van der Waals surface area (Å²) in [6, 6.07) is 0. The molecule has 0 spiro atoms. The van der Waals surface area contributed by atoms with Crippen LogP contribution in [0.15, 0.2) is 6.20 Å². The molecule has 1 saturated heterocycles. The highest BCUT2D eigenvalue weighted by Gasteiger charge is 2.24. The fourth-order valence-corrected chi connectivity index (χ4v) is 2.11. The number of carbonyl (C=O) groups excluding carboxylic acids is 1. The van der Waals surface area contributed by atoms with E-state index in [1.165, 1.54) is 0 Å². The zero-order chi connectivity index (χ0) is 13.4. The predicted molar refractivity (Wildman–Crippen MR) is 71.1 cm³/mol. The summed E-state index contributed by atoms with van der Waals surface area (Å²) in [4.78, 5) is 24.2. The summed E-state index contributed by atoms with van der Waals surface area (Å²) >= 11 is 0. The van der Waals surface area contributed by atoms with Crippen molar-refractivity contribution in [2.45, 2.75) is 0 Å². The van der Waals surface area contributed by atoms with Crippen molar-refractivity contribution in [2.75, 3.05) is 43.9 Å². The fourth-order valence-electron chi connectivity index (χ4n) is 2.11. The van der Waals surface area contributed by atoms with Gasteiger partial charge in [-0.2, -0.15) is 15.1 Å². The Bertz CT molecular complexity index is 623. The molecule has 0 saturated carbocycles. The van der Waals surface area contributed by atoms with E-state index in [0.29, 0.717) is 24.7 Å². The van der Waals surface area contributed by atoms with Crippen molar-refractivity contribution < 1.29 is 4.79 Å². The molecule has 0 aromatic carbocycles. The molecule has 0 aliphatic carbocycles. The van der Waals surface area contributed by atoms with Crippen LogP contribution in [0.1, 0.15) is 0 Å². The Kier molecular flexibility index (Phi) is 2.69. The minimum atomic E-state index is 0.0903. The number of fused-ring (bicyclic) bond motifs is 1. The molecule has 1 aliphatic heterocycles. The van der Waals surface area contributed by atoms with Gasteiger partial charge in [-0.3, -0.25) is 9.89 Å². The summed E-state index contributed by atoms with van der Waals surface area (Å²) < 4.78 is 0. The van der Waals surface area contributed by atoms with Gasteiger partial charge in [0.05, 0.1) is 18.1 Å². The van der Waals surface area contributed by atoms with Crippen molar-refractivity contribution in [3.05, 3.63) is 6.20 Å². The van der Waals surface area contributed by atoms with Crippen LogP contribution in [0, 0.1) is 0 Å². The maximum atomic E-state index is 11.8. The van der Waals surface area contributed by atoms with E-state index in [0.717, 1.165) is 17.7 Å². The van der Waals surface area contributed by atoms with Crippen molar-refractivity contribution in [1.82, 2.24) is 25.1 Å². The highest BCUT2D eigenvalue weighted by atomic mass is 16.2. The number of piperazine rings is 1. The number of anilines is 2. The van der Waals surface area contributed by atoms with E-state index in [1.54, 1.807) is 18.1 Å². The van der Waals surface area contributed by atoms with Crippen molar-refractivity contribution in [1.29, 1.82) is 0 Å². The molecule has 0 atom stereocenters. The van der Waals surface area contributed by atoms with Gasteiger partial charge in [0.15, 0.2) is 5.65 Å². The largest absolute Gasteiger partial charge is 0.357 e. The van der Waals surface area contributed by atoms with Crippen LogP contribution in [0.2, 0.25) is 0 Å². The zero-order valence-corrected chi connectivity index (χ0v) is 10.8. The van der Waals surface area contributed by atoms with Crippen molar-refractivity contribution in [3.8, 4) is 0 Å². The second-order valence-corrected chi connectivity index (χ2v) is 4.49. The average molecular weight is 261 g/mol. The third-order valence-electron chi connectivity index (χ3n) is 3.27. The zero-order valence-electron chi connectivity index (χ0n) is 10.8. The number of aromatic amines is 1. The minimum absolute atomic E-state index is 0.0903. The van der Waals surface area contributed by atoms with Crippen LogP contribution in [-0.2, 0) is 4.79 Å². The fraction of sp³-hybridized carbons (Fsp3) is 0.455. The molecule has 1 fully saturated rings. The molecule has 1 aliphatic rings. The van der Waals surface area contributed by atoms with Crippen molar-refractivity contribution in [2.24, 2.45) is 0 Å². The van der Waals surface area contributed by atoms with E-state index in [9.17, 15) is 4.79 Å². The summed E-state index contributed by atoms with van der Waals surface area (Å²) in [7, 11) is 3.57. The maximum Gasteiger partial charge on any atom is 0.241 e. The molecule has 8 nitrogen and oxygen atoms in total. The van der Waals surface area contributed by atoms with E-state index < -0.39 is 0 Å². The second kappa shape index (κ2) is 4.38. The van der Waals surface area contributed by atoms with Crippen LogP contribution >= 0.6 is 0 Å². The number of amides is 1. The number of hydrogen-bond donors (Lipinski definition) is 2. The van der Waals surface area contributed by atoms with Crippen molar-refractivity contribution >= 4 is 28.7 Å². The molecular formula is C11H15N7O. The van der Waals surface area contributed by atoms with Crippen LogP contribution < -0.4 is 10.2 Å². The van der Waals surface area contributed by atoms with Crippen molar-refractivity contribution in [3.63, 3.8) is 0 Å². The van der Waals surface area contributed by atoms with Gasteiger partial charge in [-0.05, 0) is 0 Å². The summed E-state index contributed by atoms with van der Waals surface area (Å²) in [5.74, 6) is 1.34. The Morgan fingerprint density at radius 1 is 1.37 bits per heavy atom. The predicted octanol–water partition coefficient (Wildman–Crippen LogP) is -0.327. The molecule has 2 aromatic rings. The molecule has 0 radical (unpaired) electrons. The first-order chi connectivity index (χ1) is 9.19. The molecule has 0 unspecified atom stereocenters. The molecule has 2 aromatic heterocycles. The summed E-state index contributed by atoms with van der Waals surface area (Å²) in [6.07, 6.45) is 1.69. The first kappa shape index (κ1) is 11.7. The van der Waals surface area contributed by atoms with Crippen LogP contribution in [0.5, 0.6) is 0 Å². The Labute approximate surface area is 109 Å². The first-order valence-electron chi connectivity index (χ1n) is 6.07. The van der Waals surface area contributed by atoms with E-state index in [4.69, 9.17) is 0 Å². The molecular weight excluding hydrogens is 246 g/mol. The summed E-state index contributed by atoms with van der Waals surface area (Å²) in [5, 5.41) is 10.6. The lowest BCUT2D eigenvalue weighted by molar-refractivity contribution is -0.129. The van der Waals surface area contributed by atoms with Crippen LogP contribution in [0.4, 0.5) is 11.8 Å². The minimum Gasteiger partial charge on any atom is -0.357 e. The number of carbonyl (C=O) groups is 1. The van der Waals surface area contributed by atoms with E-state index >= 15 is 0 Å². The average Bonchev–Trinajstić information content (AvgIpc) is 2.89. The first-order valence-corrected chi connectivity index (χ1v) is 6.07. The Hall–Kier alpha value is -2.38. The van der Waals surface area contributed by atoms with Gasteiger partial charge in [-0.1, -0.05) is 0 Å². The number of nitrogens with one attached hydrogen (secondary N) is 2. The lowest BCUT2D eigenvalue weighted by atomic mass is 10.3. The van der Waals surface area contributed by atoms with Gasteiger partial charge in [-0.15, -0.1) is 0 Å². The SMILES string of the molecule is CNc1nc(N2CCN(C)C(=O)C2)c2cn[nH]c2n1. The highest BCUT2D eigenvalue weighted by Crippen LogP contribution is 2.24. The third-order valence-corrected chi connectivity index (χ3v) is 3.27. The highest BCUT2D eigenvalue weighted by molar-refractivity contribution is 5.91. The number of likely N-dealkylation sites (N-methyl/N-ethyl adjacent to an activating group) is 1. The van der Waals surface area contributed by atoms with Gasteiger partial charge in [0.2, 0.25) is 11.9 Å².